The molecule has 1 atom stereocenters. The smallest absolute Gasteiger partial charge is 0.165 e. The molecule has 0 spiro atoms. The van der Waals surface area contributed by atoms with Crippen LogP contribution in [0.3, 0.4) is 0 Å². The van der Waals surface area contributed by atoms with Gasteiger partial charge in [-0.3, -0.25) is 0 Å². The minimum Gasteiger partial charge on any atom is -0.381 e. The lowest BCUT2D eigenvalue weighted by Gasteiger charge is -2.04. The zero-order chi connectivity index (χ0) is 7.56. The molecule has 0 aliphatic heterocycles. The molecule has 10 heavy (non-hydrogen) atoms. The molecule has 1 aromatic heterocycles. The van der Waals surface area contributed by atoms with Gasteiger partial charge in [-0.1, -0.05) is 6.92 Å². The molecule has 4 heteroatoms. The van der Waals surface area contributed by atoms with Crippen molar-refractivity contribution in [2.24, 2.45) is 0 Å². The Hall–Kier alpha value is -1.06. The molecule has 0 amide bonds. The van der Waals surface area contributed by atoms with Crippen molar-refractivity contribution >= 4 is 5.82 Å². The molecule has 0 aliphatic carbocycles. The lowest BCUT2D eigenvalue weighted by molar-refractivity contribution is 0.424. The van der Waals surface area contributed by atoms with Crippen LogP contribution in [0, 0.1) is 0 Å². The van der Waals surface area contributed by atoms with Gasteiger partial charge in [0.2, 0.25) is 0 Å². The number of hydrogen-bond acceptors (Lipinski definition) is 3. The second-order valence-corrected chi connectivity index (χ2v) is 2.35. The van der Waals surface area contributed by atoms with Gasteiger partial charge in [0, 0.05) is 0 Å². The number of hydrogen-bond donors (Lipinski definition) is 1. The highest BCUT2D eigenvalue weighted by molar-refractivity contribution is 5.19. The van der Waals surface area contributed by atoms with Crippen LogP contribution in [-0.2, 0) is 0 Å². The van der Waals surface area contributed by atoms with Gasteiger partial charge >= 0.3 is 0 Å². The Morgan fingerprint density at radius 2 is 2.50 bits per heavy atom. The van der Waals surface area contributed by atoms with Crippen LogP contribution in [-0.4, -0.2) is 15.0 Å². The van der Waals surface area contributed by atoms with E-state index >= 15 is 0 Å². The fourth-order valence-corrected chi connectivity index (χ4v) is 0.664. The van der Waals surface area contributed by atoms with Crippen LogP contribution < -0.4 is 5.73 Å². The Labute approximate surface area is 60.0 Å². The summed E-state index contributed by atoms with van der Waals surface area (Å²) in [5, 5.41) is 7.93. The maximum absolute atomic E-state index is 5.38. The molecule has 0 saturated carbocycles. The van der Waals surface area contributed by atoms with E-state index in [0.717, 1.165) is 6.42 Å². The van der Waals surface area contributed by atoms with Crippen molar-refractivity contribution in [1.82, 2.24) is 15.0 Å². The molecule has 0 aliphatic rings. The van der Waals surface area contributed by atoms with Gasteiger partial charge in [-0.05, 0) is 13.3 Å². The molecule has 1 rings (SSSR count). The number of anilines is 1. The normalized spacial score (nSPS) is 13.4. The first-order chi connectivity index (χ1) is 4.74. The lowest BCUT2D eigenvalue weighted by Crippen LogP contribution is -2.07. The van der Waals surface area contributed by atoms with E-state index in [1.165, 1.54) is 0 Å². The van der Waals surface area contributed by atoms with Crippen molar-refractivity contribution in [3.8, 4) is 0 Å². The van der Waals surface area contributed by atoms with Crippen LogP contribution in [0.15, 0.2) is 6.20 Å². The van der Waals surface area contributed by atoms with Gasteiger partial charge in [0.1, 0.15) is 0 Å². The number of nitrogens with zero attached hydrogens (tertiary/aromatic N) is 3. The van der Waals surface area contributed by atoms with Crippen LogP contribution in [0.25, 0.3) is 0 Å². The number of rotatable bonds is 2. The highest BCUT2D eigenvalue weighted by Crippen LogP contribution is 2.06. The largest absolute Gasteiger partial charge is 0.381 e. The van der Waals surface area contributed by atoms with Crippen molar-refractivity contribution in [3.63, 3.8) is 0 Å². The Morgan fingerprint density at radius 3 is 2.90 bits per heavy atom. The monoisotopic (exact) mass is 140 g/mol. The maximum atomic E-state index is 5.38. The molecule has 0 radical (unpaired) electrons. The van der Waals surface area contributed by atoms with E-state index in [1.807, 2.05) is 0 Å². The summed E-state index contributed by atoms with van der Waals surface area (Å²) >= 11 is 0. The Balaban J connectivity index is 2.74. The van der Waals surface area contributed by atoms with Crippen LogP contribution in [0.4, 0.5) is 5.82 Å². The van der Waals surface area contributed by atoms with Crippen LogP contribution >= 0.6 is 0 Å². The third-order valence-corrected chi connectivity index (χ3v) is 1.51. The topological polar surface area (TPSA) is 56.7 Å². The quantitative estimate of drug-likeness (QED) is 0.662. The summed E-state index contributed by atoms with van der Waals surface area (Å²) in [5.41, 5.74) is 5.38. The van der Waals surface area contributed by atoms with Crippen molar-refractivity contribution < 1.29 is 0 Å². The second-order valence-electron chi connectivity index (χ2n) is 2.35. The van der Waals surface area contributed by atoms with Crippen molar-refractivity contribution in [1.29, 1.82) is 0 Å². The summed E-state index contributed by atoms with van der Waals surface area (Å²) in [6.45, 7) is 4.14. The second kappa shape index (κ2) is 2.68. The number of nitrogen functional groups attached to an aromatic ring is 1. The van der Waals surface area contributed by atoms with Gasteiger partial charge in [-0.2, -0.15) is 9.90 Å². The summed E-state index contributed by atoms with van der Waals surface area (Å²) in [7, 11) is 0. The van der Waals surface area contributed by atoms with Gasteiger partial charge < -0.3 is 5.73 Å². The first-order valence-corrected chi connectivity index (χ1v) is 3.41. The Bertz CT molecular complexity index is 205. The summed E-state index contributed by atoms with van der Waals surface area (Å²) in [6, 6.07) is 0.345. The van der Waals surface area contributed by atoms with Gasteiger partial charge in [0.25, 0.3) is 0 Å². The van der Waals surface area contributed by atoms with E-state index in [2.05, 4.69) is 24.0 Å². The van der Waals surface area contributed by atoms with Gasteiger partial charge in [0.15, 0.2) is 5.82 Å². The maximum Gasteiger partial charge on any atom is 0.165 e. The molecular weight excluding hydrogens is 128 g/mol. The predicted molar refractivity (Wildman–Crippen MR) is 39.4 cm³/mol. The van der Waals surface area contributed by atoms with Crippen molar-refractivity contribution in [2.45, 2.75) is 26.3 Å². The minimum absolute atomic E-state index is 0.345. The molecule has 0 fully saturated rings. The van der Waals surface area contributed by atoms with Crippen LogP contribution in [0.2, 0.25) is 0 Å². The summed E-state index contributed by atoms with van der Waals surface area (Å²) < 4.78 is 0. The third kappa shape index (κ3) is 1.26. The average Bonchev–Trinajstić information content (AvgIpc) is 2.34. The number of nitrogens with two attached hydrogens (primary N) is 1. The Morgan fingerprint density at radius 1 is 1.80 bits per heavy atom. The highest BCUT2D eigenvalue weighted by Gasteiger charge is 2.02. The first-order valence-electron chi connectivity index (χ1n) is 3.41. The molecule has 1 heterocycles. The highest BCUT2D eigenvalue weighted by atomic mass is 15.5. The van der Waals surface area contributed by atoms with Gasteiger partial charge in [-0.25, -0.2) is 0 Å². The van der Waals surface area contributed by atoms with Crippen molar-refractivity contribution in [2.75, 3.05) is 5.73 Å². The molecule has 56 valence electrons. The summed E-state index contributed by atoms with van der Waals surface area (Å²) in [6.07, 6.45) is 2.58. The molecule has 2 N–H and O–H groups in total. The number of aromatic nitrogens is 3. The molecular formula is C6H12N4. The minimum atomic E-state index is 0.345. The average molecular weight is 140 g/mol. The molecule has 0 saturated heterocycles. The van der Waals surface area contributed by atoms with Crippen LogP contribution in [0.1, 0.15) is 26.3 Å². The van der Waals surface area contributed by atoms with Gasteiger partial charge in [0.05, 0.1) is 12.2 Å². The van der Waals surface area contributed by atoms with E-state index in [1.54, 1.807) is 11.0 Å². The van der Waals surface area contributed by atoms with Crippen LogP contribution in [0.5, 0.6) is 0 Å². The lowest BCUT2D eigenvalue weighted by atomic mass is 10.3. The fraction of sp³-hybridized carbons (Fsp3) is 0.667. The van der Waals surface area contributed by atoms with E-state index in [-0.39, 0.29) is 0 Å². The summed E-state index contributed by atoms with van der Waals surface area (Å²) in [5.74, 6) is 0.486. The van der Waals surface area contributed by atoms with E-state index in [4.69, 9.17) is 5.73 Å². The molecule has 1 aromatic rings. The van der Waals surface area contributed by atoms with E-state index in [9.17, 15) is 0 Å². The molecule has 0 aromatic carbocycles. The molecule has 0 bridgehead atoms. The SMILES string of the molecule is CCC(C)n1ncc(N)n1. The predicted octanol–water partition coefficient (Wildman–Crippen LogP) is 0.831. The Kier molecular flexibility index (Phi) is 1.89. The van der Waals surface area contributed by atoms with E-state index in [0.29, 0.717) is 11.9 Å². The van der Waals surface area contributed by atoms with Gasteiger partial charge in [-0.15, -0.1) is 5.10 Å². The van der Waals surface area contributed by atoms with E-state index < -0.39 is 0 Å². The zero-order valence-electron chi connectivity index (χ0n) is 6.28. The summed E-state index contributed by atoms with van der Waals surface area (Å²) in [4.78, 5) is 1.63. The standard InChI is InChI=1S/C6H12N4/c1-3-5(2)10-8-4-6(7)9-10/h4-5H,3H2,1-2H3,(H2,7,9). The fourth-order valence-electron chi connectivity index (χ4n) is 0.664. The third-order valence-electron chi connectivity index (χ3n) is 1.51. The molecule has 4 nitrogen and oxygen atoms in total. The first kappa shape index (κ1) is 7.05. The van der Waals surface area contributed by atoms with Crippen molar-refractivity contribution in [3.05, 3.63) is 6.20 Å². The molecule has 1 unspecified atom stereocenters. The zero-order valence-corrected chi connectivity index (χ0v) is 6.28.